The lowest BCUT2D eigenvalue weighted by Crippen LogP contribution is -2.19. The van der Waals surface area contributed by atoms with Crippen LogP contribution in [0.2, 0.25) is 5.02 Å². The van der Waals surface area contributed by atoms with E-state index in [4.69, 9.17) is 11.6 Å². The predicted octanol–water partition coefficient (Wildman–Crippen LogP) is 4.47. The molecule has 1 nitrogen and oxygen atoms in total. The van der Waals surface area contributed by atoms with Crippen molar-refractivity contribution in [1.82, 2.24) is 5.32 Å². The van der Waals surface area contributed by atoms with Gasteiger partial charge in [0.15, 0.2) is 0 Å². The molecule has 1 atom stereocenters. The van der Waals surface area contributed by atoms with Crippen molar-refractivity contribution in [3.8, 4) is 0 Å². The van der Waals surface area contributed by atoms with E-state index in [0.29, 0.717) is 17.1 Å². The van der Waals surface area contributed by atoms with Crippen LogP contribution in [0.5, 0.6) is 0 Å². The van der Waals surface area contributed by atoms with Crippen LogP contribution in [0.1, 0.15) is 24.1 Å². The summed E-state index contributed by atoms with van der Waals surface area (Å²) in [5, 5.41) is 3.52. The molecule has 4 heteroatoms. The van der Waals surface area contributed by atoms with Crippen LogP contribution in [-0.4, -0.2) is 0 Å². The average Bonchev–Trinajstić information content (AvgIpc) is 2.38. The maximum absolute atomic E-state index is 13.6. The van der Waals surface area contributed by atoms with Gasteiger partial charge in [0.1, 0.15) is 11.6 Å². The molecule has 0 aliphatic carbocycles. The smallest absolute Gasteiger partial charge is 0.129 e. The van der Waals surface area contributed by atoms with Gasteiger partial charge in [0.25, 0.3) is 0 Å². The molecule has 0 saturated heterocycles. The lowest BCUT2D eigenvalue weighted by molar-refractivity contribution is 0.540. The number of benzene rings is 2. The highest BCUT2D eigenvalue weighted by atomic mass is 35.5. The lowest BCUT2D eigenvalue weighted by Gasteiger charge is -2.15. The Morgan fingerprint density at radius 1 is 1.16 bits per heavy atom. The van der Waals surface area contributed by atoms with Crippen molar-refractivity contribution < 1.29 is 8.78 Å². The van der Waals surface area contributed by atoms with E-state index in [1.54, 1.807) is 18.2 Å². The first-order valence-corrected chi connectivity index (χ1v) is 6.37. The molecule has 100 valence electrons. The second-order valence-electron chi connectivity index (χ2n) is 4.36. The van der Waals surface area contributed by atoms with E-state index in [1.165, 1.54) is 18.2 Å². The maximum atomic E-state index is 13.6. The highest BCUT2D eigenvalue weighted by Gasteiger charge is 2.10. The molecule has 0 heterocycles. The highest BCUT2D eigenvalue weighted by molar-refractivity contribution is 6.31. The van der Waals surface area contributed by atoms with Crippen LogP contribution in [-0.2, 0) is 6.54 Å². The van der Waals surface area contributed by atoms with Crippen molar-refractivity contribution in [1.29, 1.82) is 0 Å². The van der Waals surface area contributed by atoms with Crippen LogP contribution in [0.3, 0.4) is 0 Å². The minimum atomic E-state index is -0.341. The lowest BCUT2D eigenvalue weighted by atomic mass is 10.1. The number of hydrogen-bond donors (Lipinski definition) is 1. The quantitative estimate of drug-likeness (QED) is 0.872. The second kappa shape index (κ2) is 6.13. The van der Waals surface area contributed by atoms with E-state index < -0.39 is 0 Å². The van der Waals surface area contributed by atoms with Gasteiger partial charge in [-0.25, -0.2) is 8.78 Å². The normalized spacial score (nSPS) is 12.4. The average molecular weight is 282 g/mol. The van der Waals surface area contributed by atoms with E-state index >= 15 is 0 Å². The molecule has 0 aliphatic rings. The Morgan fingerprint density at radius 2 is 1.89 bits per heavy atom. The zero-order valence-corrected chi connectivity index (χ0v) is 11.2. The molecule has 19 heavy (non-hydrogen) atoms. The van der Waals surface area contributed by atoms with Gasteiger partial charge in [-0.2, -0.15) is 0 Å². The van der Waals surface area contributed by atoms with Crippen molar-refractivity contribution in [3.05, 3.63) is 70.2 Å². The maximum Gasteiger partial charge on any atom is 0.129 e. The van der Waals surface area contributed by atoms with Crippen LogP contribution in [0.25, 0.3) is 0 Å². The van der Waals surface area contributed by atoms with Crippen molar-refractivity contribution in [3.63, 3.8) is 0 Å². The summed E-state index contributed by atoms with van der Waals surface area (Å²) in [5.74, 6) is -0.624. The molecule has 0 bridgehead atoms. The standard InChI is InChI=1S/C15H14ClF2N/c1-10(11-4-2-5-12(17)8-11)19-9-13-14(16)6-3-7-15(13)18/h2-8,10,19H,9H2,1H3. The first-order chi connectivity index (χ1) is 9.08. The molecule has 1 unspecified atom stereocenters. The first-order valence-electron chi connectivity index (χ1n) is 5.99. The highest BCUT2D eigenvalue weighted by Crippen LogP contribution is 2.20. The van der Waals surface area contributed by atoms with Crippen LogP contribution < -0.4 is 5.32 Å². The number of hydrogen-bond acceptors (Lipinski definition) is 1. The van der Waals surface area contributed by atoms with Gasteiger partial charge in [-0.3, -0.25) is 0 Å². The Hall–Kier alpha value is -1.45. The summed E-state index contributed by atoms with van der Waals surface area (Å²) < 4.78 is 26.7. The van der Waals surface area contributed by atoms with Gasteiger partial charge in [-0.1, -0.05) is 29.8 Å². The minimum Gasteiger partial charge on any atom is -0.306 e. The van der Waals surface area contributed by atoms with E-state index in [0.717, 1.165) is 5.56 Å². The third-order valence-electron chi connectivity index (χ3n) is 3.00. The number of nitrogens with one attached hydrogen (secondary N) is 1. The Labute approximate surface area is 116 Å². The molecule has 1 N–H and O–H groups in total. The SMILES string of the molecule is CC(NCc1c(F)cccc1Cl)c1cccc(F)c1. The molecule has 0 aliphatic heterocycles. The van der Waals surface area contributed by atoms with Crippen LogP contribution >= 0.6 is 11.6 Å². The van der Waals surface area contributed by atoms with Crippen molar-refractivity contribution in [2.24, 2.45) is 0 Å². The van der Waals surface area contributed by atoms with Crippen molar-refractivity contribution >= 4 is 11.6 Å². The third kappa shape index (κ3) is 3.52. The summed E-state index contributed by atoms with van der Waals surface area (Å²) in [4.78, 5) is 0. The molecule has 2 aromatic carbocycles. The Kier molecular flexibility index (Phi) is 4.51. The van der Waals surface area contributed by atoms with Gasteiger partial charge in [0, 0.05) is 23.2 Å². The fourth-order valence-electron chi connectivity index (χ4n) is 1.85. The summed E-state index contributed by atoms with van der Waals surface area (Å²) in [6.07, 6.45) is 0. The molecule has 2 aromatic rings. The fraction of sp³-hybridized carbons (Fsp3) is 0.200. The summed E-state index contributed by atoms with van der Waals surface area (Å²) in [6, 6.07) is 10.8. The number of rotatable bonds is 4. The zero-order chi connectivity index (χ0) is 13.8. The van der Waals surface area contributed by atoms with Crippen molar-refractivity contribution in [2.45, 2.75) is 19.5 Å². The molecule has 0 saturated carbocycles. The summed E-state index contributed by atoms with van der Waals surface area (Å²) in [5.41, 5.74) is 1.24. The van der Waals surface area contributed by atoms with E-state index in [1.807, 2.05) is 13.0 Å². The van der Waals surface area contributed by atoms with Crippen molar-refractivity contribution in [2.75, 3.05) is 0 Å². The van der Waals surface area contributed by atoms with Gasteiger partial charge in [0.2, 0.25) is 0 Å². The van der Waals surface area contributed by atoms with Gasteiger partial charge in [0.05, 0.1) is 0 Å². The predicted molar refractivity (Wildman–Crippen MR) is 73.1 cm³/mol. The minimum absolute atomic E-state index is 0.0913. The van der Waals surface area contributed by atoms with E-state index in [2.05, 4.69) is 5.32 Å². The van der Waals surface area contributed by atoms with Crippen LogP contribution in [0.4, 0.5) is 8.78 Å². The van der Waals surface area contributed by atoms with Gasteiger partial charge < -0.3 is 5.32 Å². The first kappa shape index (κ1) is 14.0. The second-order valence-corrected chi connectivity index (χ2v) is 4.77. The zero-order valence-electron chi connectivity index (χ0n) is 10.5. The van der Waals surface area contributed by atoms with Gasteiger partial charge in [-0.15, -0.1) is 0 Å². The van der Waals surface area contributed by atoms with Crippen LogP contribution in [0.15, 0.2) is 42.5 Å². The third-order valence-corrected chi connectivity index (χ3v) is 3.35. The topological polar surface area (TPSA) is 12.0 Å². The Balaban J connectivity index is 2.06. The molecular weight excluding hydrogens is 268 g/mol. The summed E-state index contributed by atoms with van der Waals surface area (Å²) in [6.45, 7) is 2.19. The molecule has 0 fully saturated rings. The van der Waals surface area contributed by atoms with E-state index in [9.17, 15) is 8.78 Å². The molecule has 0 amide bonds. The molecular formula is C15H14ClF2N. The fourth-order valence-corrected chi connectivity index (χ4v) is 2.08. The summed E-state index contributed by atoms with van der Waals surface area (Å²) >= 11 is 5.94. The molecule has 0 spiro atoms. The molecule has 2 rings (SSSR count). The van der Waals surface area contributed by atoms with E-state index in [-0.39, 0.29) is 17.7 Å². The van der Waals surface area contributed by atoms with Gasteiger partial charge in [-0.05, 0) is 36.8 Å². The van der Waals surface area contributed by atoms with Gasteiger partial charge >= 0.3 is 0 Å². The molecule has 0 aromatic heterocycles. The monoisotopic (exact) mass is 281 g/mol. The molecule has 0 radical (unpaired) electrons. The van der Waals surface area contributed by atoms with Crippen LogP contribution in [0, 0.1) is 11.6 Å². The Morgan fingerprint density at radius 3 is 2.58 bits per heavy atom. The largest absolute Gasteiger partial charge is 0.306 e. The summed E-state index contributed by atoms with van der Waals surface area (Å²) in [7, 11) is 0. The number of halogens is 3. The Bertz CT molecular complexity index is 552.